The number of carbonyl (C=O) groups excluding carboxylic acids is 2. The molecule has 1 aliphatic heterocycles. The summed E-state index contributed by atoms with van der Waals surface area (Å²) < 4.78 is 7.12. The molecule has 1 N–H and O–H groups in total. The third-order valence-corrected chi connectivity index (χ3v) is 6.63. The average Bonchev–Trinajstić information content (AvgIpc) is 3.54. The third-order valence-electron chi connectivity index (χ3n) is 6.63. The van der Waals surface area contributed by atoms with Crippen molar-refractivity contribution in [2.45, 2.75) is 19.0 Å². The Morgan fingerprint density at radius 2 is 1.87 bits per heavy atom. The molecular formula is C28H24N4O6. The monoisotopic (exact) mass is 512 g/mol. The van der Waals surface area contributed by atoms with Crippen LogP contribution in [0.3, 0.4) is 0 Å². The molecule has 1 unspecified atom stereocenters. The van der Waals surface area contributed by atoms with E-state index >= 15 is 0 Å². The summed E-state index contributed by atoms with van der Waals surface area (Å²) in [6.45, 7) is 0.753. The number of rotatable bonds is 8. The van der Waals surface area contributed by atoms with E-state index in [0.717, 1.165) is 10.8 Å². The van der Waals surface area contributed by atoms with Crippen molar-refractivity contribution in [2.24, 2.45) is 0 Å². The fourth-order valence-electron chi connectivity index (χ4n) is 4.76. The molecule has 1 aliphatic rings. The lowest BCUT2D eigenvalue weighted by molar-refractivity contribution is -0.384. The largest absolute Gasteiger partial charge is 0.507 e. The first-order valence-electron chi connectivity index (χ1n) is 11.9. The number of amides is 1. The summed E-state index contributed by atoms with van der Waals surface area (Å²) in [4.78, 5) is 42.8. The van der Waals surface area contributed by atoms with E-state index in [4.69, 9.17) is 4.74 Å². The molecule has 1 saturated heterocycles. The first kappa shape index (κ1) is 24.7. The van der Waals surface area contributed by atoms with Crippen molar-refractivity contribution in [1.29, 1.82) is 0 Å². The molecule has 1 aromatic heterocycles. The van der Waals surface area contributed by atoms with Gasteiger partial charge in [0.05, 0.1) is 30.0 Å². The van der Waals surface area contributed by atoms with E-state index in [1.165, 1.54) is 23.1 Å². The number of hydrogen-bond donors (Lipinski definition) is 1. The lowest BCUT2D eigenvalue weighted by Crippen LogP contribution is -2.31. The van der Waals surface area contributed by atoms with Gasteiger partial charge in [0.25, 0.3) is 17.4 Å². The van der Waals surface area contributed by atoms with Crippen LogP contribution >= 0.6 is 0 Å². The number of aromatic nitrogens is 2. The molecule has 1 atom stereocenters. The van der Waals surface area contributed by atoms with E-state index in [2.05, 4.69) is 4.98 Å². The normalized spacial score (nSPS) is 16.8. The van der Waals surface area contributed by atoms with Crippen molar-refractivity contribution in [3.63, 3.8) is 0 Å². The van der Waals surface area contributed by atoms with Crippen molar-refractivity contribution in [2.75, 3.05) is 13.7 Å². The van der Waals surface area contributed by atoms with Gasteiger partial charge in [-0.3, -0.25) is 19.7 Å². The molecule has 4 aromatic rings. The van der Waals surface area contributed by atoms with Crippen molar-refractivity contribution in [3.05, 3.63) is 106 Å². The highest BCUT2D eigenvalue weighted by Gasteiger charge is 2.46. The van der Waals surface area contributed by atoms with Crippen molar-refractivity contribution >= 4 is 33.9 Å². The van der Waals surface area contributed by atoms with E-state index in [-0.39, 0.29) is 23.6 Å². The first-order valence-corrected chi connectivity index (χ1v) is 11.9. The van der Waals surface area contributed by atoms with Crippen molar-refractivity contribution in [3.8, 4) is 5.75 Å². The summed E-state index contributed by atoms with van der Waals surface area (Å²) >= 11 is 0. The molecule has 0 bridgehead atoms. The number of imidazole rings is 1. The van der Waals surface area contributed by atoms with Crippen LogP contribution in [0.4, 0.5) is 5.69 Å². The van der Waals surface area contributed by atoms with E-state index in [0.29, 0.717) is 29.8 Å². The number of nitro groups is 1. The summed E-state index contributed by atoms with van der Waals surface area (Å²) in [5.74, 6) is -1.26. The Morgan fingerprint density at radius 1 is 1.08 bits per heavy atom. The van der Waals surface area contributed by atoms with Gasteiger partial charge in [-0.05, 0) is 41.0 Å². The van der Waals surface area contributed by atoms with E-state index in [1.54, 1.807) is 56.2 Å². The van der Waals surface area contributed by atoms with Crippen LogP contribution in [0.25, 0.3) is 16.5 Å². The molecular weight excluding hydrogens is 488 g/mol. The zero-order valence-corrected chi connectivity index (χ0v) is 20.5. The number of ether oxygens (including phenoxy) is 1. The average molecular weight is 513 g/mol. The maximum absolute atomic E-state index is 13.3. The van der Waals surface area contributed by atoms with E-state index < -0.39 is 22.7 Å². The van der Waals surface area contributed by atoms with E-state index in [1.807, 2.05) is 16.7 Å². The number of carbonyl (C=O) groups is 2. The second kappa shape index (κ2) is 10.2. The Balaban J connectivity index is 1.58. The number of ketones is 1. The molecule has 38 heavy (non-hydrogen) atoms. The highest BCUT2D eigenvalue weighted by atomic mass is 16.6. The molecule has 10 nitrogen and oxygen atoms in total. The van der Waals surface area contributed by atoms with Gasteiger partial charge in [0.15, 0.2) is 0 Å². The van der Waals surface area contributed by atoms with Crippen LogP contribution in [0.15, 0.2) is 85.0 Å². The number of hydrogen-bond acceptors (Lipinski definition) is 7. The highest BCUT2D eigenvalue weighted by Crippen LogP contribution is 2.40. The van der Waals surface area contributed by atoms with Gasteiger partial charge in [-0.2, -0.15) is 0 Å². The number of non-ortho nitro benzene ring substituents is 1. The predicted molar refractivity (Wildman–Crippen MR) is 139 cm³/mol. The van der Waals surface area contributed by atoms with Crippen LogP contribution < -0.4 is 4.74 Å². The van der Waals surface area contributed by atoms with Gasteiger partial charge in [-0.25, -0.2) is 4.98 Å². The topological polar surface area (TPSA) is 128 Å². The Hall–Kier alpha value is -4.99. The van der Waals surface area contributed by atoms with Crippen molar-refractivity contribution < 1.29 is 24.4 Å². The van der Waals surface area contributed by atoms with E-state index in [9.17, 15) is 24.8 Å². The smallest absolute Gasteiger partial charge is 0.295 e. The molecule has 0 radical (unpaired) electrons. The Labute approximate surface area is 217 Å². The molecule has 10 heteroatoms. The molecule has 1 fully saturated rings. The highest BCUT2D eigenvalue weighted by molar-refractivity contribution is 6.46. The van der Waals surface area contributed by atoms with Crippen molar-refractivity contribution in [1.82, 2.24) is 14.5 Å². The standard InChI is InChI=1S/C28H24N4O6/c1-38-23-9-8-18-14-21(7-6-19(18)16-23)26(33)24-25(20-4-2-5-22(15-20)32(36)37)31(28(35)27(24)34)12-3-11-30-13-10-29-17-30/h2,4-10,13-17,25,33H,3,11-12H2,1H3/b26-24+. The number of likely N-dealkylation sites (tertiary alicyclic amines) is 1. The minimum atomic E-state index is -0.982. The number of nitrogens with zero attached hydrogens (tertiary/aromatic N) is 4. The number of aliphatic hydroxyl groups excluding tert-OH is 1. The summed E-state index contributed by atoms with van der Waals surface area (Å²) in [5, 5.41) is 24.5. The van der Waals surface area contributed by atoms with Gasteiger partial charge < -0.3 is 19.3 Å². The maximum Gasteiger partial charge on any atom is 0.295 e. The summed E-state index contributed by atoms with van der Waals surface area (Å²) in [7, 11) is 1.57. The van der Waals surface area contributed by atoms with Gasteiger partial charge in [0, 0.05) is 43.2 Å². The molecule has 0 saturated carbocycles. The number of benzene rings is 3. The minimum Gasteiger partial charge on any atom is -0.507 e. The van der Waals surface area contributed by atoms with Crippen LogP contribution in [-0.4, -0.2) is 49.8 Å². The zero-order chi connectivity index (χ0) is 26.8. The Kier molecular flexibility index (Phi) is 6.61. The second-order valence-electron chi connectivity index (χ2n) is 8.93. The molecule has 0 spiro atoms. The number of nitro benzene ring substituents is 1. The van der Waals surface area contributed by atoms with Crippen LogP contribution in [0.2, 0.25) is 0 Å². The summed E-state index contributed by atoms with van der Waals surface area (Å²) in [6.07, 6.45) is 5.60. The fourth-order valence-corrected chi connectivity index (χ4v) is 4.76. The minimum absolute atomic E-state index is 0.106. The van der Waals surface area contributed by atoms with Crippen LogP contribution in [0, 0.1) is 10.1 Å². The predicted octanol–water partition coefficient (Wildman–Crippen LogP) is 4.47. The molecule has 2 heterocycles. The number of aryl methyl sites for hydroxylation is 1. The lowest BCUT2D eigenvalue weighted by atomic mass is 9.94. The van der Waals surface area contributed by atoms with Gasteiger partial charge >= 0.3 is 0 Å². The van der Waals surface area contributed by atoms with Crippen LogP contribution in [0.1, 0.15) is 23.6 Å². The van der Waals surface area contributed by atoms with Gasteiger partial charge in [0.2, 0.25) is 0 Å². The van der Waals surface area contributed by atoms with Gasteiger partial charge in [-0.15, -0.1) is 0 Å². The molecule has 192 valence electrons. The van der Waals surface area contributed by atoms with Crippen LogP contribution in [0.5, 0.6) is 5.75 Å². The maximum atomic E-state index is 13.3. The number of Topliss-reactive ketones (excluding diaryl/α,β-unsaturated/α-hetero) is 1. The summed E-state index contributed by atoms with van der Waals surface area (Å²) in [6, 6.07) is 15.4. The van der Waals surface area contributed by atoms with Crippen LogP contribution in [-0.2, 0) is 16.1 Å². The Morgan fingerprint density at radius 3 is 2.61 bits per heavy atom. The zero-order valence-electron chi connectivity index (χ0n) is 20.5. The SMILES string of the molecule is COc1ccc2cc(/C(O)=C3\C(=O)C(=O)N(CCCn4ccnc4)C3c3cccc([N+](=O)[O-])c3)ccc2c1. The fraction of sp³-hybridized carbons (Fsp3) is 0.179. The summed E-state index contributed by atoms with van der Waals surface area (Å²) in [5.41, 5.74) is 0.444. The van der Waals surface area contributed by atoms with Gasteiger partial charge in [-0.1, -0.05) is 30.3 Å². The number of aliphatic hydroxyl groups is 1. The number of fused-ring (bicyclic) bond motifs is 1. The lowest BCUT2D eigenvalue weighted by Gasteiger charge is -2.25. The quantitative estimate of drug-likeness (QED) is 0.121. The Bertz CT molecular complexity index is 1580. The first-order chi connectivity index (χ1) is 18.4. The molecule has 5 rings (SSSR count). The molecule has 1 amide bonds. The molecule has 0 aliphatic carbocycles. The van der Waals surface area contributed by atoms with Gasteiger partial charge in [0.1, 0.15) is 11.5 Å². The molecule has 3 aromatic carbocycles. The second-order valence-corrected chi connectivity index (χ2v) is 8.93. The third kappa shape index (κ3) is 4.59. The number of methoxy groups -OCH3 is 1.